The van der Waals surface area contributed by atoms with E-state index in [9.17, 15) is 4.79 Å². The van der Waals surface area contributed by atoms with Crippen LogP contribution in [-0.4, -0.2) is 64.7 Å². The summed E-state index contributed by atoms with van der Waals surface area (Å²) in [5, 5.41) is 0. The van der Waals surface area contributed by atoms with Crippen LogP contribution >= 0.6 is 0 Å². The number of likely N-dealkylation sites (tertiary alicyclic amines) is 1. The molecular weight excluding hydrogens is 304 g/mol. The van der Waals surface area contributed by atoms with Gasteiger partial charge in [-0.3, -0.25) is 4.79 Å². The molecule has 0 aromatic carbocycles. The summed E-state index contributed by atoms with van der Waals surface area (Å²) < 4.78 is 7.67. The second-order valence-corrected chi connectivity index (χ2v) is 7.47. The molecule has 2 saturated heterocycles. The highest BCUT2D eigenvalue weighted by atomic mass is 16.5. The van der Waals surface area contributed by atoms with Gasteiger partial charge in [0.2, 0.25) is 5.91 Å². The van der Waals surface area contributed by atoms with Gasteiger partial charge in [-0.25, -0.2) is 4.98 Å². The minimum atomic E-state index is 0.132. The van der Waals surface area contributed by atoms with Gasteiger partial charge in [-0.2, -0.15) is 0 Å². The van der Waals surface area contributed by atoms with Crippen molar-refractivity contribution < 1.29 is 9.53 Å². The Bertz CT molecular complexity index is 561. The van der Waals surface area contributed by atoms with Gasteiger partial charge < -0.3 is 19.1 Å². The molecule has 4 heterocycles. The van der Waals surface area contributed by atoms with Gasteiger partial charge in [0.1, 0.15) is 5.82 Å². The normalized spacial score (nSPS) is 26.3. The maximum Gasteiger partial charge on any atom is 0.226 e. The molecule has 3 aliphatic heterocycles. The number of rotatable bonds is 3. The Labute approximate surface area is 143 Å². The average molecular weight is 332 g/mol. The molecule has 3 aliphatic rings. The maximum absolute atomic E-state index is 13.0. The van der Waals surface area contributed by atoms with Gasteiger partial charge in [-0.1, -0.05) is 0 Å². The first-order valence-electron chi connectivity index (χ1n) is 9.38. The molecule has 132 valence electrons. The highest BCUT2D eigenvalue weighted by Crippen LogP contribution is 2.23. The summed E-state index contributed by atoms with van der Waals surface area (Å²) in [4.78, 5) is 22.2. The van der Waals surface area contributed by atoms with Crippen molar-refractivity contribution in [1.82, 2.24) is 19.4 Å². The van der Waals surface area contributed by atoms with E-state index >= 15 is 0 Å². The zero-order valence-corrected chi connectivity index (χ0v) is 14.4. The molecule has 6 heteroatoms. The largest absolute Gasteiger partial charge is 0.381 e. The molecule has 1 unspecified atom stereocenters. The van der Waals surface area contributed by atoms with Crippen molar-refractivity contribution in [3.8, 4) is 0 Å². The maximum atomic E-state index is 13.0. The van der Waals surface area contributed by atoms with Crippen molar-refractivity contribution in [3.05, 3.63) is 18.2 Å². The summed E-state index contributed by atoms with van der Waals surface area (Å²) in [7, 11) is 0. The molecule has 4 rings (SSSR count). The van der Waals surface area contributed by atoms with Crippen LogP contribution in [0.1, 0.15) is 31.5 Å². The van der Waals surface area contributed by atoms with Gasteiger partial charge in [-0.05, 0) is 38.8 Å². The van der Waals surface area contributed by atoms with E-state index in [0.29, 0.717) is 18.4 Å². The zero-order valence-electron chi connectivity index (χ0n) is 14.4. The summed E-state index contributed by atoms with van der Waals surface area (Å²) in [6.45, 7) is 7.43. The molecule has 1 aromatic rings. The van der Waals surface area contributed by atoms with Gasteiger partial charge in [0, 0.05) is 57.1 Å². The van der Waals surface area contributed by atoms with Gasteiger partial charge in [0.25, 0.3) is 0 Å². The molecule has 0 N–H and O–H groups in total. The van der Waals surface area contributed by atoms with Gasteiger partial charge in [-0.15, -0.1) is 0 Å². The molecular formula is C18H28N4O2. The predicted molar refractivity (Wildman–Crippen MR) is 90.4 cm³/mol. The van der Waals surface area contributed by atoms with E-state index in [-0.39, 0.29) is 5.92 Å². The number of ether oxygens (including phenoxy) is 1. The molecule has 2 fully saturated rings. The zero-order chi connectivity index (χ0) is 16.4. The number of hydrogen-bond donors (Lipinski definition) is 0. The Morgan fingerprint density at radius 2 is 2.00 bits per heavy atom. The molecule has 6 nitrogen and oxygen atoms in total. The lowest BCUT2D eigenvalue weighted by Gasteiger charge is -2.31. The van der Waals surface area contributed by atoms with E-state index in [0.717, 1.165) is 51.5 Å². The smallest absolute Gasteiger partial charge is 0.226 e. The Kier molecular flexibility index (Phi) is 4.85. The third-order valence-corrected chi connectivity index (χ3v) is 5.66. The van der Waals surface area contributed by atoms with E-state index in [4.69, 9.17) is 4.74 Å². The lowest BCUT2D eigenvalue weighted by molar-refractivity contribution is -0.139. The van der Waals surface area contributed by atoms with Crippen molar-refractivity contribution in [2.45, 2.75) is 38.8 Å². The number of aromatic nitrogens is 2. The number of carbonyl (C=O) groups excluding carboxylic acids is 1. The van der Waals surface area contributed by atoms with Crippen molar-refractivity contribution in [3.63, 3.8) is 0 Å². The number of carbonyl (C=O) groups is 1. The molecule has 1 aromatic heterocycles. The first kappa shape index (κ1) is 16.1. The van der Waals surface area contributed by atoms with Crippen molar-refractivity contribution in [2.24, 2.45) is 11.8 Å². The van der Waals surface area contributed by atoms with Gasteiger partial charge in [0.15, 0.2) is 0 Å². The molecule has 0 aliphatic carbocycles. The van der Waals surface area contributed by atoms with Crippen LogP contribution in [0, 0.1) is 11.8 Å². The number of nitrogens with zero attached hydrogens (tertiary/aromatic N) is 4. The lowest BCUT2D eigenvalue weighted by atomic mass is 9.98. The molecule has 1 amide bonds. The van der Waals surface area contributed by atoms with E-state index in [2.05, 4.69) is 25.5 Å². The standard InChI is InChI=1S/C18H28N4O2/c23-18(16-3-9-24-10-4-16)22-13-15(11-20-6-1-2-7-20)12-21-8-5-19-17(21)14-22/h5,8,15-16H,1-4,6-7,9-14H2. The highest BCUT2D eigenvalue weighted by molar-refractivity contribution is 5.79. The Morgan fingerprint density at radius 3 is 2.79 bits per heavy atom. The Hall–Kier alpha value is -1.40. The molecule has 1 atom stereocenters. The summed E-state index contributed by atoms with van der Waals surface area (Å²) in [5.74, 6) is 1.95. The molecule has 0 spiro atoms. The van der Waals surface area contributed by atoms with Crippen molar-refractivity contribution >= 4 is 5.91 Å². The van der Waals surface area contributed by atoms with E-state index in [1.807, 2.05) is 6.20 Å². The fourth-order valence-electron chi connectivity index (χ4n) is 4.36. The fraction of sp³-hybridized carbons (Fsp3) is 0.778. The summed E-state index contributed by atoms with van der Waals surface area (Å²) in [6, 6.07) is 0. The van der Waals surface area contributed by atoms with Crippen LogP contribution in [0.4, 0.5) is 0 Å². The monoisotopic (exact) mass is 332 g/mol. The quantitative estimate of drug-likeness (QED) is 0.839. The van der Waals surface area contributed by atoms with Crippen molar-refractivity contribution in [1.29, 1.82) is 0 Å². The highest BCUT2D eigenvalue weighted by Gasteiger charge is 2.31. The fourth-order valence-corrected chi connectivity index (χ4v) is 4.36. The van der Waals surface area contributed by atoms with Crippen LogP contribution in [0.5, 0.6) is 0 Å². The SMILES string of the molecule is O=C(C1CCOCC1)N1Cc2nccn2CC(CN2CCCC2)C1. The van der Waals surface area contributed by atoms with Crippen molar-refractivity contribution in [2.75, 3.05) is 39.4 Å². The number of imidazole rings is 1. The first-order valence-corrected chi connectivity index (χ1v) is 9.38. The molecule has 0 bridgehead atoms. The Morgan fingerprint density at radius 1 is 1.21 bits per heavy atom. The van der Waals surface area contributed by atoms with Crippen LogP contribution in [0.3, 0.4) is 0 Å². The van der Waals surface area contributed by atoms with E-state index in [1.54, 1.807) is 0 Å². The first-order chi connectivity index (χ1) is 11.8. The lowest BCUT2D eigenvalue weighted by Crippen LogP contribution is -2.42. The summed E-state index contributed by atoms with van der Waals surface area (Å²) in [5.41, 5.74) is 0. The van der Waals surface area contributed by atoms with Gasteiger partial charge in [0.05, 0.1) is 6.54 Å². The minimum Gasteiger partial charge on any atom is -0.381 e. The third-order valence-electron chi connectivity index (χ3n) is 5.66. The second-order valence-electron chi connectivity index (χ2n) is 7.47. The van der Waals surface area contributed by atoms with Crippen LogP contribution < -0.4 is 0 Å². The minimum absolute atomic E-state index is 0.132. The second kappa shape index (κ2) is 7.23. The van der Waals surface area contributed by atoms with Crippen LogP contribution in [0.15, 0.2) is 12.4 Å². The average Bonchev–Trinajstić information content (AvgIpc) is 3.24. The van der Waals surface area contributed by atoms with E-state index < -0.39 is 0 Å². The predicted octanol–water partition coefficient (Wildman–Crippen LogP) is 1.36. The number of amides is 1. The van der Waals surface area contributed by atoms with Crippen LogP contribution in [0.25, 0.3) is 0 Å². The van der Waals surface area contributed by atoms with E-state index in [1.165, 1.54) is 25.9 Å². The van der Waals surface area contributed by atoms with Crippen LogP contribution in [0.2, 0.25) is 0 Å². The Balaban J connectivity index is 1.49. The van der Waals surface area contributed by atoms with Gasteiger partial charge >= 0.3 is 0 Å². The number of hydrogen-bond acceptors (Lipinski definition) is 4. The summed E-state index contributed by atoms with van der Waals surface area (Å²) in [6.07, 6.45) is 8.28. The van der Waals surface area contributed by atoms with Crippen LogP contribution in [-0.2, 0) is 22.6 Å². The molecule has 24 heavy (non-hydrogen) atoms. The molecule has 0 radical (unpaired) electrons. The molecule has 0 saturated carbocycles. The third kappa shape index (κ3) is 3.49. The number of fused-ring (bicyclic) bond motifs is 1. The topological polar surface area (TPSA) is 50.6 Å². The summed E-state index contributed by atoms with van der Waals surface area (Å²) >= 11 is 0.